The van der Waals surface area contributed by atoms with E-state index in [2.05, 4.69) is 17.3 Å². The summed E-state index contributed by atoms with van der Waals surface area (Å²) in [5.74, 6) is 0.279. The van der Waals surface area contributed by atoms with Crippen molar-refractivity contribution in [3.8, 4) is 0 Å². The zero-order valence-electron chi connectivity index (χ0n) is 11.9. The lowest BCUT2D eigenvalue weighted by Gasteiger charge is -2.32. The van der Waals surface area contributed by atoms with Crippen molar-refractivity contribution in [2.24, 2.45) is 12.5 Å². The van der Waals surface area contributed by atoms with Crippen LogP contribution in [0.5, 0.6) is 0 Å². The summed E-state index contributed by atoms with van der Waals surface area (Å²) in [5.41, 5.74) is 1.51. The first-order valence-electron chi connectivity index (χ1n) is 6.92. The number of carbonyl (C=O) groups excluding carboxylic acids is 1. The molecular weight excluding hydrogens is 262 g/mol. The standard InChI is InChI=1S/C14H22ClN3O/c1-4-10-13(15)11(18(3)17-10)9-12(19)14(2)5-7-16-8-6-14/h16H,4-9H2,1-3H3. The Hall–Kier alpha value is -0.870. The number of halogens is 1. The fourth-order valence-corrected chi connectivity index (χ4v) is 3.00. The van der Waals surface area contributed by atoms with E-state index >= 15 is 0 Å². The molecule has 5 heteroatoms. The van der Waals surface area contributed by atoms with Gasteiger partial charge in [-0.3, -0.25) is 9.48 Å². The fraction of sp³-hybridized carbons (Fsp3) is 0.714. The summed E-state index contributed by atoms with van der Waals surface area (Å²) >= 11 is 6.31. The predicted octanol–water partition coefficient (Wildman–Crippen LogP) is 2.14. The highest BCUT2D eigenvalue weighted by atomic mass is 35.5. The van der Waals surface area contributed by atoms with E-state index in [1.165, 1.54) is 0 Å². The minimum Gasteiger partial charge on any atom is -0.317 e. The predicted molar refractivity (Wildman–Crippen MR) is 76.5 cm³/mol. The van der Waals surface area contributed by atoms with Crippen LogP contribution in [0, 0.1) is 5.41 Å². The van der Waals surface area contributed by atoms with E-state index in [4.69, 9.17) is 11.6 Å². The molecule has 1 saturated heterocycles. The molecule has 0 bridgehead atoms. The molecule has 0 aromatic carbocycles. The van der Waals surface area contributed by atoms with Crippen LogP contribution in [0.15, 0.2) is 0 Å². The van der Waals surface area contributed by atoms with E-state index in [1.807, 2.05) is 14.0 Å². The molecule has 4 nitrogen and oxygen atoms in total. The Kier molecular flexibility index (Phi) is 4.31. The third-order valence-electron chi connectivity index (χ3n) is 4.21. The van der Waals surface area contributed by atoms with Gasteiger partial charge in [0, 0.05) is 12.5 Å². The maximum Gasteiger partial charge on any atom is 0.144 e. The van der Waals surface area contributed by atoms with Crippen LogP contribution in [0.1, 0.15) is 38.1 Å². The van der Waals surface area contributed by atoms with Gasteiger partial charge in [0.15, 0.2) is 0 Å². The van der Waals surface area contributed by atoms with Crippen molar-refractivity contribution < 1.29 is 4.79 Å². The Labute approximate surface area is 119 Å². The normalized spacial score (nSPS) is 18.5. The molecule has 1 fully saturated rings. The first kappa shape index (κ1) is 14.5. The minimum absolute atomic E-state index is 0.217. The molecule has 0 saturated carbocycles. The highest BCUT2D eigenvalue weighted by molar-refractivity contribution is 6.32. The van der Waals surface area contributed by atoms with Gasteiger partial charge in [0.1, 0.15) is 5.78 Å². The third-order valence-corrected chi connectivity index (χ3v) is 4.65. The Bertz CT molecular complexity index is 475. The lowest BCUT2D eigenvalue weighted by molar-refractivity contribution is -0.128. The van der Waals surface area contributed by atoms with Crippen LogP contribution in [0.2, 0.25) is 5.02 Å². The van der Waals surface area contributed by atoms with Gasteiger partial charge in [-0.15, -0.1) is 0 Å². The number of carbonyl (C=O) groups is 1. The van der Waals surface area contributed by atoms with Crippen molar-refractivity contribution in [1.82, 2.24) is 15.1 Å². The molecule has 1 aliphatic heterocycles. The van der Waals surface area contributed by atoms with E-state index in [-0.39, 0.29) is 11.2 Å². The van der Waals surface area contributed by atoms with Gasteiger partial charge < -0.3 is 5.32 Å². The quantitative estimate of drug-likeness (QED) is 0.921. The van der Waals surface area contributed by atoms with E-state index in [0.29, 0.717) is 11.4 Å². The van der Waals surface area contributed by atoms with Gasteiger partial charge in [-0.25, -0.2) is 0 Å². The second-order valence-electron chi connectivity index (χ2n) is 5.60. The first-order valence-corrected chi connectivity index (χ1v) is 7.30. The number of ketones is 1. The summed E-state index contributed by atoms with van der Waals surface area (Å²) < 4.78 is 1.75. The summed E-state index contributed by atoms with van der Waals surface area (Å²) in [7, 11) is 1.86. The van der Waals surface area contributed by atoms with Crippen molar-refractivity contribution in [3.63, 3.8) is 0 Å². The Morgan fingerprint density at radius 3 is 2.63 bits per heavy atom. The molecule has 2 rings (SSSR count). The van der Waals surface area contributed by atoms with Gasteiger partial charge in [0.2, 0.25) is 0 Å². The average Bonchev–Trinajstić information content (AvgIpc) is 2.67. The first-order chi connectivity index (χ1) is 8.98. The van der Waals surface area contributed by atoms with E-state index in [1.54, 1.807) is 4.68 Å². The average molecular weight is 284 g/mol. The number of hydrogen-bond donors (Lipinski definition) is 1. The molecule has 19 heavy (non-hydrogen) atoms. The van der Waals surface area contributed by atoms with E-state index in [9.17, 15) is 4.79 Å². The molecular formula is C14H22ClN3O. The molecule has 0 unspecified atom stereocenters. The number of rotatable bonds is 4. The fourth-order valence-electron chi connectivity index (χ4n) is 2.63. The number of Topliss-reactive ketones (excluding diaryl/α,β-unsaturated/α-hetero) is 1. The van der Waals surface area contributed by atoms with Gasteiger partial charge in [-0.05, 0) is 32.4 Å². The molecule has 0 radical (unpaired) electrons. The zero-order chi connectivity index (χ0) is 14.0. The second kappa shape index (κ2) is 5.63. The van der Waals surface area contributed by atoms with Crippen LogP contribution in [-0.2, 0) is 24.7 Å². The maximum atomic E-state index is 12.6. The summed E-state index contributed by atoms with van der Waals surface area (Å²) in [6, 6.07) is 0. The van der Waals surface area contributed by atoms with Crippen molar-refractivity contribution >= 4 is 17.4 Å². The Morgan fingerprint density at radius 2 is 2.11 bits per heavy atom. The molecule has 1 aromatic heterocycles. The molecule has 2 heterocycles. The summed E-state index contributed by atoms with van der Waals surface area (Å²) in [5, 5.41) is 8.33. The van der Waals surface area contributed by atoms with Gasteiger partial charge >= 0.3 is 0 Å². The molecule has 0 aliphatic carbocycles. The van der Waals surface area contributed by atoms with Gasteiger partial charge in [0.25, 0.3) is 0 Å². The second-order valence-corrected chi connectivity index (χ2v) is 5.97. The SMILES string of the molecule is CCc1nn(C)c(CC(=O)C2(C)CCNCC2)c1Cl. The Balaban J connectivity index is 2.16. The number of piperidine rings is 1. The summed E-state index contributed by atoms with van der Waals surface area (Å²) in [6.07, 6.45) is 2.99. The largest absolute Gasteiger partial charge is 0.317 e. The molecule has 1 aliphatic rings. The van der Waals surface area contributed by atoms with Gasteiger partial charge in [0.05, 0.1) is 22.8 Å². The van der Waals surface area contributed by atoms with Crippen LogP contribution in [0.25, 0.3) is 0 Å². The van der Waals surface area contributed by atoms with E-state index < -0.39 is 0 Å². The highest BCUT2D eigenvalue weighted by Gasteiger charge is 2.35. The minimum atomic E-state index is -0.217. The smallest absolute Gasteiger partial charge is 0.144 e. The molecule has 0 atom stereocenters. The molecule has 0 amide bonds. The number of aryl methyl sites for hydroxylation is 2. The maximum absolute atomic E-state index is 12.6. The number of hydrogen-bond acceptors (Lipinski definition) is 3. The number of nitrogens with zero attached hydrogens (tertiary/aromatic N) is 2. The van der Waals surface area contributed by atoms with Crippen LogP contribution in [0.3, 0.4) is 0 Å². The summed E-state index contributed by atoms with van der Waals surface area (Å²) in [6.45, 7) is 5.93. The van der Waals surface area contributed by atoms with Crippen molar-refractivity contribution in [3.05, 3.63) is 16.4 Å². The van der Waals surface area contributed by atoms with Gasteiger partial charge in [-0.1, -0.05) is 25.4 Å². The van der Waals surface area contributed by atoms with Gasteiger partial charge in [-0.2, -0.15) is 5.10 Å². The van der Waals surface area contributed by atoms with Crippen LogP contribution >= 0.6 is 11.6 Å². The Morgan fingerprint density at radius 1 is 1.47 bits per heavy atom. The lowest BCUT2D eigenvalue weighted by Crippen LogP contribution is -2.40. The molecule has 0 spiro atoms. The molecule has 1 N–H and O–H groups in total. The van der Waals surface area contributed by atoms with Crippen LogP contribution < -0.4 is 5.32 Å². The van der Waals surface area contributed by atoms with Crippen molar-refractivity contribution in [1.29, 1.82) is 0 Å². The van der Waals surface area contributed by atoms with Crippen molar-refractivity contribution in [2.75, 3.05) is 13.1 Å². The highest BCUT2D eigenvalue weighted by Crippen LogP contribution is 2.32. The monoisotopic (exact) mass is 283 g/mol. The summed E-state index contributed by atoms with van der Waals surface area (Å²) in [4.78, 5) is 12.6. The van der Waals surface area contributed by atoms with Crippen LogP contribution in [-0.4, -0.2) is 28.7 Å². The third kappa shape index (κ3) is 2.84. The van der Waals surface area contributed by atoms with E-state index in [0.717, 1.165) is 43.7 Å². The lowest BCUT2D eigenvalue weighted by atomic mass is 9.76. The molecule has 1 aromatic rings. The topological polar surface area (TPSA) is 46.9 Å². The zero-order valence-corrected chi connectivity index (χ0v) is 12.7. The molecule has 106 valence electrons. The van der Waals surface area contributed by atoms with Crippen molar-refractivity contribution in [2.45, 2.75) is 39.5 Å². The number of nitrogens with one attached hydrogen (secondary N) is 1. The number of aromatic nitrogens is 2. The van der Waals surface area contributed by atoms with Crippen LogP contribution in [0.4, 0.5) is 0 Å².